The summed E-state index contributed by atoms with van der Waals surface area (Å²) in [7, 11) is 0. The number of pyridine rings is 2. The molecule has 0 amide bonds. The minimum Gasteiger partial charge on any atom is -0.348 e. The first-order valence-electron chi connectivity index (χ1n) is 13.4. The van der Waals surface area contributed by atoms with Gasteiger partial charge in [0.15, 0.2) is 0 Å². The Morgan fingerprint density at radius 1 is 1.16 bits per heavy atom. The van der Waals surface area contributed by atoms with Crippen LogP contribution >= 0.6 is 0 Å². The zero-order valence-corrected chi connectivity index (χ0v) is 22.5. The molecular formula is C27H36F2N8O. The van der Waals surface area contributed by atoms with Gasteiger partial charge in [0, 0.05) is 50.2 Å². The molecule has 2 saturated heterocycles. The summed E-state index contributed by atoms with van der Waals surface area (Å²) in [6.45, 7) is 10.4. The summed E-state index contributed by atoms with van der Waals surface area (Å²) in [5.41, 5.74) is 1.32. The number of alkyl halides is 2. The number of hydrogen-bond acceptors (Lipinski definition) is 9. The Labute approximate surface area is 222 Å². The number of nitrogens with one attached hydrogen (secondary N) is 2. The van der Waals surface area contributed by atoms with Crippen molar-refractivity contribution in [1.82, 2.24) is 25.3 Å². The topological polar surface area (TPSA) is 91.3 Å². The summed E-state index contributed by atoms with van der Waals surface area (Å²) < 4.78 is 33.1. The fourth-order valence-corrected chi connectivity index (χ4v) is 5.24. The van der Waals surface area contributed by atoms with Crippen LogP contribution in [0.5, 0.6) is 0 Å². The lowest BCUT2D eigenvalue weighted by Crippen LogP contribution is -2.76. The van der Waals surface area contributed by atoms with Gasteiger partial charge in [0.2, 0.25) is 5.95 Å². The van der Waals surface area contributed by atoms with Crippen LogP contribution in [0.4, 0.5) is 32.2 Å². The highest BCUT2D eigenvalue weighted by atomic mass is 19.3. The normalized spacial score (nSPS) is 16.6. The van der Waals surface area contributed by atoms with Gasteiger partial charge in [-0.2, -0.15) is 13.8 Å². The van der Waals surface area contributed by atoms with Gasteiger partial charge < -0.3 is 25.2 Å². The largest absolute Gasteiger partial charge is 0.373 e. The second-order valence-electron chi connectivity index (χ2n) is 10.4. The smallest absolute Gasteiger partial charge is 0.348 e. The number of aromatic nitrogens is 4. The zero-order chi connectivity index (χ0) is 26.9. The fraction of sp³-hybridized carbons (Fsp3) is 0.556. The molecule has 0 bridgehead atoms. The van der Waals surface area contributed by atoms with E-state index in [1.165, 1.54) is 11.3 Å². The minimum absolute atomic E-state index is 0.0751. The second-order valence-corrected chi connectivity index (χ2v) is 10.4. The van der Waals surface area contributed by atoms with Gasteiger partial charge >= 0.3 is 6.11 Å². The molecule has 2 aliphatic heterocycles. The maximum absolute atomic E-state index is 14.2. The van der Waals surface area contributed by atoms with Crippen LogP contribution in [0.1, 0.15) is 52.0 Å². The molecule has 2 aliphatic rings. The van der Waals surface area contributed by atoms with E-state index in [1.54, 1.807) is 19.2 Å². The molecule has 0 saturated carbocycles. The highest BCUT2D eigenvalue weighted by Crippen LogP contribution is 2.42. The maximum atomic E-state index is 14.2. The molecule has 3 aromatic heterocycles. The van der Waals surface area contributed by atoms with E-state index in [1.807, 2.05) is 25.4 Å². The van der Waals surface area contributed by atoms with Crippen molar-refractivity contribution in [1.29, 1.82) is 0 Å². The van der Waals surface area contributed by atoms with E-state index in [-0.39, 0.29) is 24.0 Å². The van der Waals surface area contributed by atoms with Crippen LogP contribution in [-0.4, -0.2) is 70.9 Å². The zero-order valence-electron chi connectivity index (χ0n) is 22.5. The fourth-order valence-electron chi connectivity index (χ4n) is 5.24. The summed E-state index contributed by atoms with van der Waals surface area (Å²) in [6, 6.07) is 3.73. The minimum atomic E-state index is -3.29. The summed E-state index contributed by atoms with van der Waals surface area (Å²) >= 11 is 0. The lowest BCUT2D eigenvalue weighted by atomic mass is 9.79. The number of halogens is 2. The predicted octanol–water partition coefficient (Wildman–Crippen LogP) is 4.68. The summed E-state index contributed by atoms with van der Waals surface area (Å²) in [6.07, 6.45) is 3.96. The highest BCUT2D eigenvalue weighted by molar-refractivity contribution is 5.96. The molecule has 0 unspecified atom stereocenters. The molecule has 11 heteroatoms. The molecule has 2 N–H and O–H groups in total. The molecule has 9 nitrogen and oxygen atoms in total. The highest BCUT2D eigenvalue weighted by Gasteiger charge is 2.50. The van der Waals surface area contributed by atoms with Crippen LogP contribution in [0.25, 0.3) is 10.8 Å². The molecule has 2 fully saturated rings. The van der Waals surface area contributed by atoms with Crippen molar-refractivity contribution in [2.24, 2.45) is 0 Å². The van der Waals surface area contributed by atoms with Crippen LogP contribution in [0.15, 0.2) is 30.7 Å². The Balaban J connectivity index is 1.43. The molecule has 0 atom stereocenters. The van der Waals surface area contributed by atoms with Gasteiger partial charge in [-0.05, 0) is 48.8 Å². The third-order valence-corrected chi connectivity index (χ3v) is 7.35. The van der Waals surface area contributed by atoms with Gasteiger partial charge in [-0.3, -0.25) is 0 Å². The van der Waals surface area contributed by atoms with E-state index in [2.05, 4.69) is 49.1 Å². The van der Waals surface area contributed by atoms with Crippen molar-refractivity contribution < 1.29 is 13.5 Å². The molecule has 0 aliphatic carbocycles. The summed E-state index contributed by atoms with van der Waals surface area (Å²) in [4.78, 5) is 22.2. The van der Waals surface area contributed by atoms with Crippen LogP contribution in [0, 0.1) is 0 Å². The average molecular weight is 527 g/mol. The van der Waals surface area contributed by atoms with Gasteiger partial charge in [-0.1, -0.05) is 20.8 Å². The third-order valence-electron chi connectivity index (χ3n) is 7.35. The predicted molar refractivity (Wildman–Crippen MR) is 146 cm³/mol. The van der Waals surface area contributed by atoms with Crippen LogP contribution in [0.2, 0.25) is 0 Å². The molecule has 5 heterocycles. The number of nitrogens with zero attached hydrogens (tertiary/aromatic N) is 6. The quantitative estimate of drug-likeness (QED) is 0.369. The Kier molecular flexibility index (Phi) is 7.32. The van der Waals surface area contributed by atoms with E-state index in [0.29, 0.717) is 24.6 Å². The number of anilines is 4. The van der Waals surface area contributed by atoms with E-state index in [9.17, 15) is 8.78 Å². The summed E-state index contributed by atoms with van der Waals surface area (Å²) in [5, 5.41) is 8.77. The van der Waals surface area contributed by atoms with Gasteiger partial charge in [0.25, 0.3) is 0 Å². The maximum Gasteiger partial charge on any atom is 0.373 e. The molecule has 0 aromatic carbocycles. The number of fused-ring (bicyclic) bond motifs is 1. The molecule has 0 radical (unpaired) electrons. The average Bonchev–Trinajstić information content (AvgIpc) is 2.82. The van der Waals surface area contributed by atoms with Crippen molar-refractivity contribution in [3.8, 4) is 0 Å². The standard InChI is InChI=1S/C27H36F2N8O/c1-5-10-36(17-27(28,29)38-6-2)25-31-9-7-22(35-25)34-23-12-19-20(18(3)4)13-33-24(21(19)14-32-23)37-11-8-26(37)15-30-16-26/h7,9,12-14,18,30H,5-6,8,10-11,15-17H2,1-4H3,(H,31,32,34,35). The Morgan fingerprint density at radius 3 is 2.61 bits per heavy atom. The number of hydrogen-bond donors (Lipinski definition) is 2. The van der Waals surface area contributed by atoms with Crippen molar-refractivity contribution >= 4 is 34.2 Å². The Bertz CT molecular complexity index is 1280. The lowest BCUT2D eigenvalue weighted by molar-refractivity contribution is -0.227. The van der Waals surface area contributed by atoms with Crippen molar-refractivity contribution in [2.45, 2.75) is 58.1 Å². The molecular weight excluding hydrogens is 490 g/mol. The molecule has 1 spiro atoms. The first kappa shape index (κ1) is 26.4. The van der Waals surface area contributed by atoms with Crippen LogP contribution in [-0.2, 0) is 4.74 Å². The van der Waals surface area contributed by atoms with Crippen molar-refractivity contribution in [3.63, 3.8) is 0 Å². The van der Waals surface area contributed by atoms with Crippen molar-refractivity contribution in [2.75, 3.05) is 54.4 Å². The second kappa shape index (κ2) is 10.5. The summed E-state index contributed by atoms with van der Waals surface area (Å²) in [5.74, 6) is 2.57. The van der Waals surface area contributed by atoms with Crippen molar-refractivity contribution in [3.05, 3.63) is 36.3 Å². The molecule has 3 aromatic rings. The molecule has 204 valence electrons. The molecule has 38 heavy (non-hydrogen) atoms. The van der Waals surface area contributed by atoms with E-state index in [0.717, 1.165) is 41.8 Å². The van der Waals surface area contributed by atoms with Crippen LogP contribution in [0.3, 0.4) is 0 Å². The van der Waals surface area contributed by atoms with E-state index in [4.69, 9.17) is 4.98 Å². The molecule has 5 rings (SSSR count). The van der Waals surface area contributed by atoms with Gasteiger partial charge in [0.05, 0.1) is 12.1 Å². The van der Waals surface area contributed by atoms with Gasteiger partial charge in [-0.15, -0.1) is 0 Å². The monoisotopic (exact) mass is 526 g/mol. The number of ether oxygens (including phenoxy) is 1. The number of rotatable bonds is 11. The first-order valence-corrected chi connectivity index (χ1v) is 13.4. The van der Waals surface area contributed by atoms with Gasteiger partial charge in [-0.25, -0.2) is 15.0 Å². The Morgan fingerprint density at radius 2 is 1.97 bits per heavy atom. The van der Waals surface area contributed by atoms with Crippen LogP contribution < -0.4 is 20.4 Å². The lowest BCUT2D eigenvalue weighted by Gasteiger charge is -2.59. The van der Waals surface area contributed by atoms with E-state index >= 15 is 0 Å². The Hall–Kier alpha value is -3.18. The third kappa shape index (κ3) is 5.09. The first-order chi connectivity index (χ1) is 18.2. The van der Waals surface area contributed by atoms with Gasteiger partial charge in [0.1, 0.15) is 24.0 Å². The SMILES string of the molecule is CCCN(CC(F)(F)OCC)c1nccc(Nc2cc3c(C(C)C)cnc(N4CCC45CNC5)c3cn2)n1. The van der Waals surface area contributed by atoms with E-state index < -0.39 is 12.7 Å².